The topological polar surface area (TPSA) is 59.1 Å². The molecule has 0 bridgehead atoms. The van der Waals surface area contributed by atoms with Crippen LogP contribution < -0.4 is 0 Å². The van der Waals surface area contributed by atoms with Crippen LogP contribution in [0.2, 0.25) is 0 Å². The minimum absolute atomic E-state index is 0.125. The van der Waals surface area contributed by atoms with Crippen molar-refractivity contribution in [3.63, 3.8) is 0 Å². The molecule has 1 spiro atoms. The number of carbonyl (C=O) groups is 2. The zero-order chi connectivity index (χ0) is 23.3. The third-order valence-electron chi connectivity index (χ3n) is 7.03. The molecule has 4 rings (SSSR count). The van der Waals surface area contributed by atoms with Crippen LogP contribution in [0, 0.1) is 5.92 Å². The van der Waals surface area contributed by atoms with E-state index in [9.17, 15) is 9.59 Å². The van der Waals surface area contributed by atoms with Crippen LogP contribution in [0.25, 0.3) is 0 Å². The first kappa shape index (κ1) is 23.2. The summed E-state index contributed by atoms with van der Waals surface area (Å²) < 4.78 is 5.06. The Balaban J connectivity index is 1.53. The SMILES string of the molecule is C=CCON1C(=O)CC(C(=O)OC)C12CCN(CC(c1ccccc1)c1ccccc1)CC2. The molecule has 174 valence electrons. The van der Waals surface area contributed by atoms with Gasteiger partial charge >= 0.3 is 5.97 Å². The van der Waals surface area contributed by atoms with Gasteiger partial charge in [0.15, 0.2) is 0 Å². The van der Waals surface area contributed by atoms with Gasteiger partial charge in [0, 0.05) is 32.0 Å². The highest BCUT2D eigenvalue weighted by atomic mass is 16.7. The largest absolute Gasteiger partial charge is 0.469 e. The molecular formula is C27H32N2O4. The van der Waals surface area contributed by atoms with E-state index in [0.29, 0.717) is 12.8 Å². The highest BCUT2D eigenvalue weighted by Crippen LogP contribution is 2.44. The second-order valence-corrected chi connectivity index (χ2v) is 8.83. The van der Waals surface area contributed by atoms with Crippen LogP contribution in [0.5, 0.6) is 0 Å². The van der Waals surface area contributed by atoms with Gasteiger partial charge in [0.25, 0.3) is 0 Å². The fraction of sp³-hybridized carbons (Fsp3) is 0.407. The van der Waals surface area contributed by atoms with Gasteiger partial charge in [-0.05, 0) is 24.0 Å². The van der Waals surface area contributed by atoms with Gasteiger partial charge in [0.05, 0.1) is 25.2 Å². The van der Waals surface area contributed by atoms with E-state index in [1.165, 1.54) is 23.3 Å². The lowest BCUT2D eigenvalue weighted by Gasteiger charge is -2.46. The van der Waals surface area contributed by atoms with Crippen molar-refractivity contribution >= 4 is 11.9 Å². The molecule has 0 aliphatic carbocycles. The van der Waals surface area contributed by atoms with Crippen molar-refractivity contribution < 1.29 is 19.2 Å². The maximum absolute atomic E-state index is 12.8. The number of benzene rings is 2. The highest BCUT2D eigenvalue weighted by Gasteiger charge is 2.58. The molecule has 0 N–H and O–H groups in total. The number of amides is 1. The number of rotatable bonds is 8. The fourth-order valence-electron chi connectivity index (χ4n) is 5.32. The summed E-state index contributed by atoms with van der Waals surface area (Å²) in [6, 6.07) is 21.1. The van der Waals surface area contributed by atoms with Crippen molar-refractivity contribution in [2.45, 2.75) is 30.7 Å². The smallest absolute Gasteiger partial charge is 0.311 e. The van der Waals surface area contributed by atoms with Gasteiger partial charge < -0.3 is 9.64 Å². The number of hydroxylamine groups is 2. The van der Waals surface area contributed by atoms with Crippen LogP contribution in [-0.4, -0.2) is 60.7 Å². The van der Waals surface area contributed by atoms with Crippen LogP contribution >= 0.6 is 0 Å². The molecule has 0 aromatic heterocycles. The van der Waals surface area contributed by atoms with E-state index < -0.39 is 11.5 Å². The van der Waals surface area contributed by atoms with Crippen molar-refractivity contribution in [2.24, 2.45) is 5.92 Å². The van der Waals surface area contributed by atoms with Gasteiger partial charge in [-0.25, -0.2) is 5.06 Å². The molecule has 2 aromatic rings. The summed E-state index contributed by atoms with van der Waals surface area (Å²) in [6.07, 6.45) is 3.06. The molecule has 6 nitrogen and oxygen atoms in total. The third kappa shape index (κ3) is 4.72. The van der Waals surface area contributed by atoms with E-state index in [-0.39, 0.29) is 30.8 Å². The molecule has 2 saturated heterocycles. The first-order valence-corrected chi connectivity index (χ1v) is 11.6. The molecule has 2 heterocycles. The molecule has 1 unspecified atom stereocenters. The Kier molecular flexibility index (Phi) is 7.26. The van der Waals surface area contributed by atoms with Crippen molar-refractivity contribution in [2.75, 3.05) is 33.4 Å². The van der Waals surface area contributed by atoms with E-state index >= 15 is 0 Å². The maximum Gasteiger partial charge on any atom is 0.311 e. The van der Waals surface area contributed by atoms with E-state index in [4.69, 9.17) is 9.57 Å². The predicted octanol–water partition coefficient (Wildman–Crippen LogP) is 3.79. The molecule has 2 fully saturated rings. The Morgan fingerprint density at radius 2 is 1.67 bits per heavy atom. The van der Waals surface area contributed by atoms with Gasteiger partial charge in [-0.15, -0.1) is 6.58 Å². The van der Waals surface area contributed by atoms with E-state index in [2.05, 4.69) is 60.0 Å². The zero-order valence-corrected chi connectivity index (χ0v) is 19.2. The first-order chi connectivity index (χ1) is 16.1. The normalized spacial score (nSPS) is 20.4. The number of methoxy groups -OCH3 is 1. The maximum atomic E-state index is 12.8. The van der Waals surface area contributed by atoms with Crippen LogP contribution in [-0.2, 0) is 19.2 Å². The van der Waals surface area contributed by atoms with Crippen LogP contribution in [0.1, 0.15) is 36.3 Å². The van der Waals surface area contributed by atoms with Crippen molar-refractivity contribution in [1.82, 2.24) is 9.96 Å². The number of likely N-dealkylation sites (tertiary alicyclic amines) is 1. The van der Waals surface area contributed by atoms with Crippen molar-refractivity contribution in [3.8, 4) is 0 Å². The molecule has 2 aromatic carbocycles. The van der Waals surface area contributed by atoms with Gasteiger partial charge in [-0.3, -0.25) is 14.4 Å². The Morgan fingerprint density at radius 1 is 1.09 bits per heavy atom. The summed E-state index contributed by atoms with van der Waals surface area (Å²) in [5.74, 6) is -0.766. The monoisotopic (exact) mass is 448 g/mol. The Labute approximate surface area is 195 Å². The minimum atomic E-state index is -0.668. The molecule has 2 aliphatic rings. The van der Waals surface area contributed by atoms with Crippen molar-refractivity contribution in [1.29, 1.82) is 0 Å². The van der Waals surface area contributed by atoms with Crippen LogP contribution in [0.3, 0.4) is 0 Å². The summed E-state index contributed by atoms with van der Waals surface area (Å²) in [7, 11) is 1.38. The van der Waals surface area contributed by atoms with Gasteiger partial charge in [0.2, 0.25) is 5.91 Å². The fourth-order valence-corrected chi connectivity index (χ4v) is 5.32. The predicted molar refractivity (Wildman–Crippen MR) is 126 cm³/mol. The standard InChI is InChI=1S/C27H32N2O4/c1-3-18-33-29-25(30)19-24(26(31)32-2)27(29)14-16-28(17-15-27)20-23(21-10-6-4-7-11-21)22-12-8-5-9-13-22/h3-13,23-24H,1,14-20H2,2H3. The molecule has 0 saturated carbocycles. The average Bonchev–Trinajstić information content (AvgIpc) is 3.13. The molecule has 1 amide bonds. The molecule has 2 aliphatic heterocycles. The van der Waals surface area contributed by atoms with Crippen LogP contribution in [0.4, 0.5) is 0 Å². The first-order valence-electron chi connectivity index (χ1n) is 11.6. The number of hydrogen-bond acceptors (Lipinski definition) is 5. The zero-order valence-electron chi connectivity index (χ0n) is 19.2. The lowest BCUT2D eigenvalue weighted by atomic mass is 9.77. The number of nitrogens with zero attached hydrogens (tertiary/aromatic N) is 2. The van der Waals surface area contributed by atoms with E-state index in [1.54, 1.807) is 6.08 Å². The average molecular weight is 449 g/mol. The molecule has 6 heteroatoms. The second-order valence-electron chi connectivity index (χ2n) is 8.83. The molecule has 0 radical (unpaired) electrons. The molecule has 1 atom stereocenters. The van der Waals surface area contributed by atoms with E-state index in [1.807, 2.05) is 12.1 Å². The minimum Gasteiger partial charge on any atom is -0.469 e. The molecular weight excluding hydrogens is 416 g/mol. The van der Waals surface area contributed by atoms with Crippen molar-refractivity contribution in [3.05, 3.63) is 84.4 Å². The second kappa shape index (κ2) is 10.3. The summed E-state index contributed by atoms with van der Waals surface area (Å²) in [5.41, 5.74) is 1.89. The Bertz CT molecular complexity index is 915. The van der Waals surface area contributed by atoms with E-state index in [0.717, 1.165) is 19.6 Å². The lowest BCUT2D eigenvalue weighted by molar-refractivity contribution is -0.218. The summed E-state index contributed by atoms with van der Waals surface area (Å²) in [4.78, 5) is 33.6. The number of carbonyl (C=O) groups excluding carboxylic acids is 2. The van der Waals surface area contributed by atoms with Gasteiger partial charge in [-0.1, -0.05) is 66.7 Å². The van der Waals surface area contributed by atoms with Crippen LogP contribution in [0.15, 0.2) is 73.3 Å². The van der Waals surface area contributed by atoms with Gasteiger partial charge in [-0.2, -0.15) is 0 Å². The molecule has 33 heavy (non-hydrogen) atoms. The van der Waals surface area contributed by atoms with Gasteiger partial charge in [0.1, 0.15) is 0 Å². The summed E-state index contributed by atoms with van der Waals surface area (Å²) >= 11 is 0. The highest BCUT2D eigenvalue weighted by molar-refractivity contribution is 5.88. The third-order valence-corrected chi connectivity index (χ3v) is 7.03. The summed E-state index contributed by atoms with van der Waals surface area (Å²) in [5, 5.41) is 1.46. The lowest BCUT2D eigenvalue weighted by Crippen LogP contribution is -2.57. The number of hydrogen-bond donors (Lipinski definition) is 0. The number of esters is 1. The Morgan fingerprint density at radius 3 is 2.18 bits per heavy atom. The summed E-state index contributed by atoms with van der Waals surface area (Å²) in [6.45, 7) is 6.33. The number of piperidine rings is 1. The number of ether oxygens (including phenoxy) is 1. The quantitative estimate of drug-likeness (QED) is 0.454. The Hall–Kier alpha value is -2.96.